The Morgan fingerprint density at radius 3 is 2.18 bits per heavy atom. The van der Waals surface area contributed by atoms with Crippen molar-refractivity contribution in [3.63, 3.8) is 0 Å². The number of ether oxygens (including phenoxy) is 4. The summed E-state index contributed by atoms with van der Waals surface area (Å²) in [5, 5.41) is 9.62. The first-order valence-electron chi connectivity index (χ1n) is 10.7. The molecule has 1 heterocycles. The van der Waals surface area contributed by atoms with Gasteiger partial charge in [0, 0.05) is 6.42 Å². The Morgan fingerprint density at radius 2 is 1.58 bits per heavy atom. The van der Waals surface area contributed by atoms with Crippen LogP contribution in [0.15, 0.2) is 48.6 Å². The molecule has 0 spiro atoms. The second-order valence-electron chi connectivity index (χ2n) is 7.53. The van der Waals surface area contributed by atoms with Gasteiger partial charge in [0.05, 0.1) is 27.2 Å². The summed E-state index contributed by atoms with van der Waals surface area (Å²) in [6.45, 7) is 0.687. The molecule has 33 heavy (non-hydrogen) atoms. The van der Waals surface area contributed by atoms with Crippen LogP contribution in [-0.2, 0) is 14.3 Å². The van der Waals surface area contributed by atoms with Gasteiger partial charge in [-0.1, -0.05) is 24.3 Å². The molecule has 1 N–H and O–H groups in total. The van der Waals surface area contributed by atoms with Gasteiger partial charge < -0.3 is 24.1 Å². The molecule has 1 saturated heterocycles. The lowest BCUT2D eigenvalue weighted by Gasteiger charge is -2.24. The van der Waals surface area contributed by atoms with Crippen molar-refractivity contribution in [2.75, 3.05) is 20.8 Å². The molecule has 1 aliphatic rings. The number of rotatable bonds is 10. The predicted molar refractivity (Wildman–Crippen MR) is 125 cm³/mol. The van der Waals surface area contributed by atoms with Crippen LogP contribution in [-0.4, -0.2) is 43.8 Å². The van der Waals surface area contributed by atoms with Gasteiger partial charge in [0.25, 0.3) is 0 Å². The average molecular weight is 453 g/mol. The van der Waals surface area contributed by atoms with E-state index in [-0.39, 0.29) is 30.0 Å². The molecule has 1 atom stereocenters. The predicted octanol–water partition coefficient (Wildman–Crippen LogP) is 4.57. The molecule has 1 fully saturated rings. The number of phenols is 1. The zero-order valence-corrected chi connectivity index (χ0v) is 18.8. The number of aromatic hydroxyl groups is 1. The highest BCUT2D eigenvalue weighted by Crippen LogP contribution is 2.31. The maximum absolute atomic E-state index is 12.2. The van der Waals surface area contributed by atoms with Crippen molar-refractivity contribution in [1.29, 1.82) is 0 Å². The van der Waals surface area contributed by atoms with E-state index in [0.29, 0.717) is 29.4 Å². The Balaban J connectivity index is 1.56. The summed E-state index contributed by atoms with van der Waals surface area (Å²) in [6, 6.07) is 10.1. The smallest absolute Gasteiger partial charge is 0.200 e. The minimum atomic E-state index is -0.328. The zero-order valence-electron chi connectivity index (χ0n) is 18.8. The van der Waals surface area contributed by atoms with Gasteiger partial charge in [-0.25, -0.2) is 0 Å². The maximum atomic E-state index is 12.2. The van der Waals surface area contributed by atoms with Crippen LogP contribution in [0.3, 0.4) is 0 Å². The van der Waals surface area contributed by atoms with E-state index in [0.717, 1.165) is 24.8 Å². The third-order valence-electron chi connectivity index (χ3n) is 5.06. The van der Waals surface area contributed by atoms with E-state index >= 15 is 0 Å². The van der Waals surface area contributed by atoms with Gasteiger partial charge in [0.15, 0.2) is 40.9 Å². The van der Waals surface area contributed by atoms with E-state index in [1.54, 1.807) is 43.5 Å². The van der Waals surface area contributed by atoms with E-state index in [2.05, 4.69) is 0 Å². The third kappa shape index (κ3) is 7.22. The molecule has 0 amide bonds. The lowest BCUT2D eigenvalue weighted by molar-refractivity contribution is -0.121. The number of methoxy groups -OCH3 is 2. The number of allylic oxidation sites excluding steroid dienone is 2. The van der Waals surface area contributed by atoms with Gasteiger partial charge in [-0.3, -0.25) is 9.59 Å². The summed E-state index contributed by atoms with van der Waals surface area (Å²) >= 11 is 0. The van der Waals surface area contributed by atoms with Gasteiger partial charge >= 0.3 is 0 Å². The first-order valence-corrected chi connectivity index (χ1v) is 10.7. The van der Waals surface area contributed by atoms with Crippen molar-refractivity contribution < 1.29 is 33.6 Å². The van der Waals surface area contributed by atoms with E-state index in [9.17, 15) is 14.7 Å². The van der Waals surface area contributed by atoms with Crippen LogP contribution in [0, 0.1) is 0 Å². The molecule has 2 aromatic rings. The Bertz CT molecular complexity index is 1030. The van der Waals surface area contributed by atoms with Crippen molar-refractivity contribution >= 4 is 23.7 Å². The van der Waals surface area contributed by atoms with Gasteiger partial charge in [-0.15, -0.1) is 0 Å². The van der Waals surface area contributed by atoms with Gasteiger partial charge in [-0.05, 0) is 60.4 Å². The number of carbonyl (C=O) groups excluding carboxylic acids is 2. The van der Waals surface area contributed by atoms with Gasteiger partial charge in [-0.2, -0.15) is 0 Å². The fourth-order valence-electron chi connectivity index (χ4n) is 3.30. The molecular formula is C26H28O7. The molecular weight excluding hydrogens is 424 g/mol. The van der Waals surface area contributed by atoms with Crippen molar-refractivity contribution in [2.45, 2.75) is 32.0 Å². The Morgan fingerprint density at radius 1 is 0.939 bits per heavy atom. The first-order chi connectivity index (χ1) is 16.0. The lowest BCUT2D eigenvalue weighted by Crippen LogP contribution is -2.25. The second-order valence-corrected chi connectivity index (χ2v) is 7.53. The number of carbonyl (C=O) groups is 2. The molecule has 1 aliphatic heterocycles. The fraction of sp³-hybridized carbons (Fsp3) is 0.308. The van der Waals surface area contributed by atoms with E-state index in [1.165, 1.54) is 25.3 Å². The standard InChI is InChI=1S/C26H28O7/c1-30-24-15-18(8-12-22(24)29)6-10-20(27)17-21(28)11-7-19-9-13-23(25(16-19)31-2)33-26-5-3-4-14-32-26/h6-13,15-16,26,29H,3-5,14,17H2,1-2H3. The summed E-state index contributed by atoms with van der Waals surface area (Å²) in [6.07, 6.45) is 8.31. The molecule has 0 bridgehead atoms. The third-order valence-corrected chi connectivity index (χ3v) is 5.06. The Hall–Kier alpha value is -3.58. The van der Waals surface area contributed by atoms with Crippen molar-refractivity contribution in [3.8, 4) is 23.0 Å². The largest absolute Gasteiger partial charge is 0.504 e. The Labute approximate surface area is 193 Å². The van der Waals surface area contributed by atoms with E-state index in [4.69, 9.17) is 18.9 Å². The van der Waals surface area contributed by atoms with Crippen LogP contribution in [0.25, 0.3) is 12.2 Å². The monoisotopic (exact) mass is 452 g/mol. The highest BCUT2D eigenvalue weighted by molar-refractivity contribution is 6.10. The molecule has 0 saturated carbocycles. The molecule has 2 aromatic carbocycles. The van der Waals surface area contributed by atoms with Crippen molar-refractivity contribution in [3.05, 3.63) is 59.7 Å². The number of hydrogen-bond acceptors (Lipinski definition) is 7. The average Bonchev–Trinajstić information content (AvgIpc) is 2.83. The van der Waals surface area contributed by atoms with Crippen LogP contribution in [0.2, 0.25) is 0 Å². The minimum absolute atomic E-state index is 0.0137. The quantitative estimate of drug-likeness (QED) is 0.417. The summed E-state index contributed by atoms with van der Waals surface area (Å²) in [5.41, 5.74) is 1.42. The topological polar surface area (TPSA) is 91.3 Å². The number of phenolic OH excluding ortho intramolecular Hbond substituents is 1. The van der Waals surface area contributed by atoms with Crippen molar-refractivity contribution in [1.82, 2.24) is 0 Å². The van der Waals surface area contributed by atoms with E-state index < -0.39 is 0 Å². The molecule has 0 radical (unpaired) electrons. The summed E-state index contributed by atoms with van der Waals surface area (Å²) < 4.78 is 21.9. The van der Waals surface area contributed by atoms with Crippen molar-refractivity contribution in [2.24, 2.45) is 0 Å². The fourth-order valence-corrected chi connectivity index (χ4v) is 3.30. The minimum Gasteiger partial charge on any atom is -0.504 e. The van der Waals surface area contributed by atoms with Crippen LogP contribution in [0.1, 0.15) is 36.8 Å². The molecule has 0 aliphatic carbocycles. The van der Waals surface area contributed by atoms with Crippen LogP contribution >= 0.6 is 0 Å². The number of benzene rings is 2. The Kier molecular flexibility index (Phi) is 8.66. The number of ketones is 2. The highest BCUT2D eigenvalue weighted by Gasteiger charge is 2.17. The lowest BCUT2D eigenvalue weighted by atomic mass is 10.1. The van der Waals surface area contributed by atoms with Crippen LogP contribution in [0.4, 0.5) is 0 Å². The maximum Gasteiger partial charge on any atom is 0.200 e. The highest BCUT2D eigenvalue weighted by atomic mass is 16.7. The SMILES string of the molecule is COc1cc(C=CC(=O)CC(=O)C=Cc2ccc(OC3CCCCO3)c(OC)c2)ccc1O. The summed E-state index contributed by atoms with van der Waals surface area (Å²) in [5.74, 6) is 0.802. The normalized spacial score (nSPS) is 16.1. The molecule has 174 valence electrons. The molecule has 3 rings (SSSR count). The summed E-state index contributed by atoms with van der Waals surface area (Å²) in [4.78, 5) is 24.3. The molecule has 7 nitrogen and oxygen atoms in total. The molecule has 0 aromatic heterocycles. The van der Waals surface area contributed by atoms with Gasteiger partial charge in [0.1, 0.15) is 0 Å². The van der Waals surface area contributed by atoms with Crippen LogP contribution in [0.5, 0.6) is 23.0 Å². The summed E-state index contributed by atoms with van der Waals surface area (Å²) in [7, 11) is 3.00. The molecule has 1 unspecified atom stereocenters. The number of hydrogen-bond donors (Lipinski definition) is 1. The second kappa shape index (κ2) is 11.9. The zero-order chi connectivity index (χ0) is 23.6. The van der Waals surface area contributed by atoms with Gasteiger partial charge in [0.2, 0.25) is 0 Å². The van der Waals surface area contributed by atoms with E-state index in [1.807, 2.05) is 6.07 Å². The van der Waals surface area contributed by atoms with Crippen LogP contribution < -0.4 is 14.2 Å². The first kappa shape index (κ1) is 24.1. The molecule has 7 heteroatoms.